The van der Waals surface area contributed by atoms with Gasteiger partial charge in [0.1, 0.15) is 17.3 Å². The SMILES string of the molecule is CCCC(=O)C1c2ccc(F)cc2CCc2cc(OC)ccc21. The molecule has 0 amide bonds. The molecule has 2 aromatic rings. The molecule has 1 aliphatic carbocycles. The number of carbonyl (C=O) groups is 1. The maximum Gasteiger partial charge on any atom is 0.144 e. The molecule has 0 aliphatic heterocycles. The molecule has 0 spiro atoms. The average molecular weight is 312 g/mol. The van der Waals surface area contributed by atoms with Crippen molar-refractivity contribution in [3.05, 3.63) is 64.5 Å². The zero-order chi connectivity index (χ0) is 16.4. The van der Waals surface area contributed by atoms with E-state index in [1.54, 1.807) is 19.2 Å². The van der Waals surface area contributed by atoms with Crippen LogP contribution >= 0.6 is 0 Å². The van der Waals surface area contributed by atoms with Gasteiger partial charge in [-0.2, -0.15) is 0 Å². The normalized spacial score (nSPS) is 16.2. The Labute approximate surface area is 136 Å². The van der Waals surface area contributed by atoms with E-state index in [1.165, 1.54) is 6.07 Å². The first-order valence-electron chi connectivity index (χ1n) is 8.12. The zero-order valence-electron chi connectivity index (χ0n) is 13.6. The second-order valence-electron chi connectivity index (χ2n) is 6.06. The molecule has 0 aromatic heterocycles. The summed E-state index contributed by atoms with van der Waals surface area (Å²) in [5.41, 5.74) is 4.05. The molecule has 120 valence electrons. The number of benzene rings is 2. The monoisotopic (exact) mass is 312 g/mol. The summed E-state index contributed by atoms with van der Waals surface area (Å²) in [6.07, 6.45) is 2.88. The van der Waals surface area contributed by atoms with Crippen LogP contribution in [-0.2, 0) is 17.6 Å². The van der Waals surface area contributed by atoms with Crippen LogP contribution in [0.5, 0.6) is 5.75 Å². The molecule has 1 atom stereocenters. The molecule has 2 aromatic carbocycles. The van der Waals surface area contributed by atoms with Crippen molar-refractivity contribution in [3.8, 4) is 5.75 Å². The molecular formula is C20H21FO2. The van der Waals surface area contributed by atoms with Gasteiger partial charge in [0.2, 0.25) is 0 Å². The summed E-state index contributed by atoms with van der Waals surface area (Å²) in [6, 6.07) is 10.7. The van der Waals surface area contributed by atoms with Crippen molar-refractivity contribution in [3.63, 3.8) is 0 Å². The van der Waals surface area contributed by atoms with Crippen molar-refractivity contribution in [2.24, 2.45) is 0 Å². The minimum absolute atomic E-state index is 0.202. The Morgan fingerprint density at radius 2 is 1.78 bits per heavy atom. The highest BCUT2D eigenvalue weighted by Crippen LogP contribution is 2.37. The first-order chi connectivity index (χ1) is 11.1. The Balaban J connectivity index is 2.16. The van der Waals surface area contributed by atoms with Gasteiger partial charge in [0.05, 0.1) is 13.0 Å². The Morgan fingerprint density at radius 3 is 2.43 bits per heavy atom. The molecule has 0 radical (unpaired) electrons. The summed E-state index contributed by atoms with van der Waals surface area (Å²) < 4.78 is 19.0. The lowest BCUT2D eigenvalue weighted by atomic mass is 9.83. The van der Waals surface area contributed by atoms with Crippen LogP contribution in [0.1, 0.15) is 47.9 Å². The van der Waals surface area contributed by atoms with Crippen LogP contribution in [0.3, 0.4) is 0 Å². The van der Waals surface area contributed by atoms with E-state index in [0.29, 0.717) is 6.42 Å². The average Bonchev–Trinajstić information content (AvgIpc) is 2.71. The quantitative estimate of drug-likeness (QED) is 0.834. The largest absolute Gasteiger partial charge is 0.497 e. The molecular weight excluding hydrogens is 291 g/mol. The topological polar surface area (TPSA) is 26.3 Å². The summed E-state index contributed by atoms with van der Waals surface area (Å²) in [5.74, 6) is 0.458. The maximum atomic E-state index is 13.6. The maximum absolute atomic E-state index is 13.6. The van der Waals surface area contributed by atoms with Gasteiger partial charge in [-0.15, -0.1) is 0 Å². The summed E-state index contributed by atoms with van der Waals surface area (Å²) >= 11 is 0. The third-order valence-corrected chi connectivity index (χ3v) is 4.56. The standard InChI is InChI=1S/C20H21FO2/c1-3-4-19(22)20-17-9-7-15(21)11-13(17)5-6-14-12-16(23-2)8-10-18(14)20/h7-12,20H,3-6H2,1-2H3. The van der Waals surface area contributed by atoms with Crippen LogP contribution in [-0.4, -0.2) is 12.9 Å². The molecule has 0 fully saturated rings. The van der Waals surface area contributed by atoms with E-state index < -0.39 is 0 Å². The molecule has 0 heterocycles. The fourth-order valence-electron chi connectivity index (χ4n) is 3.45. The molecule has 0 saturated heterocycles. The van der Waals surface area contributed by atoms with E-state index in [0.717, 1.165) is 47.3 Å². The number of rotatable bonds is 4. The van der Waals surface area contributed by atoms with E-state index in [9.17, 15) is 9.18 Å². The van der Waals surface area contributed by atoms with Crippen molar-refractivity contribution in [2.75, 3.05) is 7.11 Å². The van der Waals surface area contributed by atoms with Crippen LogP contribution in [0.4, 0.5) is 4.39 Å². The third kappa shape index (κ3) is 3.00. The molecule has 23 heavy (non-hydrogen) atoms. The van der Waals surface area contributed by atoms with Crippen LogP contribution in [0, 0.1) is 5.82 Å². The summed E-state index contributed by atoms with van der Waals surface area (Å²) in [7, 11) is 1.64. The number of hydrogen-bond acceptors (Lipinski definition) is 2. The minimum atomic E-state index is -0.297. The van der Waals surface area contributed by atoms with Gasteiger partial charge in [-0.05, 0) is 65.8 Å². The number of methoxy groups -OCH3 is 1. The highest BCUT2D eigenvalue weighted by atomic mass is 19.1. The number of halogens is 1. The number of aryl methyl sites for hydroxylation is 2. The van der Waals surface area contributed by atoms with E-state index in [1.807, 2.05) is 25.1 Å². The highest BCUT2D eigenvalue weighted by molar-refractivity contribution is 5.90. The van der Waals surface area contributed by atoms with E-state index >= 15 is 0 Å². The number of fused-ring (bicyclic) bond motifs is 2. The second kappa shape index (κ2) is 6.53. The Morgan fingerprint density at radius 1 is 1.13 bits per heavy atom. The van der Waals surface area contributed by atoms with Crippen molar-refractivity contribution in [2.45, 2.75) is 38.5 Å². The Hall–Kier alpha value is -2.16. The third-order valence-electron chi connectivity index (χ3n) is 4.56. The summed E-state index contributed by atoms with van der Waals surface area (Å²) in [4.78, 5) is 12.8. The van der Waals surface area contributed by atoms with Gasteiger partial charge >= 0.3 is 0 Å². The molecule has 0 bridgehead atoms. The summed E-state index contributed by atoms with van der Waals surface area (Å²) in [6.45, 7) is 2.01. The number of hydrogen-bond donors (Lipinski definition) is 0. The molecule has 3 heteroatoms. The van der Waals surface area contributed by atoms with Crippen LogP contribution < -0.4 is 4.74 Å². The number of Topliss-reactive ketones (excluding diaryl/α,β-unsaturated/α-hetero) is 1. The van der Waals surface area contributed by atoms with E-state index in [-0.39, 0.29) is 17.5 Å². The van der Waals surface area contributed by atoms with E-state index in [2.05, 4.69) is 0 Å². The van der Waals surface area contributed by atoms with Gasteiger partial charge in [0.15, 0.2) is 0 Å². The number of carbonyl (C=O) groups excluding carboxylic acids is 1. The molecule has 0 N–H and O–H groups in total. The van der Waals surface area contributed by atoms with Crippen LogP contribution in [0.25, 0.3) is 0 Å². The first kappa shape index (κ1) is 15.7. The van der Waals surface area contributed by atoms with Gasteiger partial charge in [-0.1, -0.05) is 19.1 Å². The number of ether oxygens (including phenoxy) is 1. The number of ketones is 1. The van der Waals surface area contributed by atoms with Gasteiger partial charge in [0, 0.05) is 6.42 Å². The minimum Gasteiger partial charge on any atom is -0.497 e. The Kier molecular flexibility index (Phi) is 4.46. The lowest BCUT2D eigenvalue weighted by Gasteiger charge is -2.19. The van der Waals surface area contributed by atoms with Crippen molar-refractivity contribution in [1.82, 2.24) is 0 Å². The first-order valence-corrected chi connectivity index (χ1v) is 8.12. The fraction of sp³-hybridized carbons (Fsp3) is 0.350. The van der Waals surface area contributed by atoms with E-state index in [4.69, 9.17) is 4.74 Å². The lowest BCUT2D eigenvalue weighted by molar-refractivity contribution is -0.119. The molecule has 3 rings (SSSR count). The van der Waals surface area contributed by atoms with Crippen molar-refractivity contribution in [1.29, 1.82) is 0 Å². The summed E-state index contributed by atoms with van der Waals surface area (Å²) in [5, 5.41) is 0. The molecule has 2 nitrogen and oxygen atoms in total. The lowest BCUT2D eigenvalue weighted by Crippen LogP contribution is -2.15. The predicted octanol–water partition coefficient (Wildman–Crippen LogP) is 4.43. The molecule has 1 aliphatic rings. The van der Waals surface area contributed by atoms with Crippen molar-refractivity contribution >= 4 is 5.78 Å². The van der Waals surface area contributed by atoms with Crippen LogP contribution in [0.2, 0.25) is 0 Å². The molecule has 1 unspecified atom stereocenters. The second-order valence-corrected chi connectivity index (χ2v) is 6.06. The zero-order valence-corrected chi connectivity index (χ0v) is 13.6. The van der Waals surface area contributed by atoms with Gasteiger partial charge in [-0.25, -0.2) is 4.39 Å². The molecule has 0 saturated carbocycles. The van der Waals surface area contributed by atoms with Crippen molar-refractivity contribution < 1.29 is 13.9 Å². The smallest absolute Gasteiger partial charge is 0.144 e. The highest BCUT2D eigenvalue weighted by Gasteiger charge is 2.29. The predicted molar refractivity (Wildman–Crippen MR) is 88.6 cm³/mol. The fourth-order valence-corrected chi connectivity index (χ4v) is 3.45. The van der Waals surface area contributed by atoms with Gasteiger partial charge in [-0.3, -0.25) is 4.79 Å². The van der Waals surface area contributed by atoms with Gasteiger partial charge < -0.3 is 4.74 Å². The van der Waals surface area contributed by atoms with Gasteiger partial charge in [0.25, 0.3) is 0 Å². The Bertz CT molecular complexity index is 736. The van der Waals surface area contributed by atoms with Crippen LogP contribution in [0.15, 0.2) is 36.4 Å².